The maximum Gasteiger partial charge on any atom is 0.257 e. The van der Waals surface area contributed by atoms with E-state index in [4.69, 9.17) is 4.98 Å². The Hall–Kier alpha value is -3.45. The molecular weight excluding hydrogens is 450 g/mol. The summed E-state index contributed by atoms with van der Waals surface area (Å²) in [7, 11) is 0. The van der Waals surface area contributed by atoms with Crippen LogP contribution in [0, 0.1) is 6.92 Å². The van der Waals surface area contributed by atoms with Crippen molar-refractivity contribution in [2.75, 3.05) is 31.5 Å². The number of carbonyl (C=O) groups excluding carboxylic acids is 2. The summed E-state index contributed by atoms with van der Waals surface area (Å²) in [5.41, 5.74) is 4.89. The Morgan fingerprint density at radius 1 is 1.08 bits per heavy atom. The van der Waals surface area contributed by atoms with E-state index in [1.165, 1.54) is 24.5 Å². The molecular formula is C29H35N5O2. The summed E-state index contributed by atoms with van der Waals surface area (Å²) in [4.78, 5) is 35.0. The number of carbonyl (C=O) groups is 2. The average Bonchev–Trinajstić information content (AvgIpc) is 3.45. The first kappa shape index (κ1) is 24.3. The second-order valence-electron chi connectivity index (χ2n) is 10.0. The van der Waals surface area contributed by atoms with Crippen molar-refractivity contribution >= 4 is 28.8 Å². The molecule has 0 aliphatic carbocycles. The molecule has 2 aliphatic rings. The lowest BCUT2D eigenvalue weighted by Gasteiger charge is -2.26. The quantitative estimate of drug-likeness (QED) is 0.503. The van der Waals surface area contributed by atoms with Crippen LogP contribution in [-0.4, -0.2) is 57.3 Å². The van der Waals surface area contributed by atoms with Gasteiger partial charge in [-0.15, -0.1) is 0 Å². The largest absolute Gasteiger partial charge is 0.337 e. The van der Waals surface area contributed by atoms with Gasteiger partial charge >= 0.3 is 0 Å². The smallest absolute Gasteiger partial charge is 0.257 e. The Labute approximate surface area is 212 Å². The Kier molecular flexibility index (Phi) is 7.18. The molecule has 0 radical (unpaired) electrons. The van der Waals surface area contributed by atoms with Crippen LogP contribution in [0.5, 0.6) is 0 Å². The van der Waals surface area contributed by atoms with Crippen LogP contribution >= 0.6 is 0 Å². The molecule has 2 fully saturated rings. The molecule has 36 heavy (non-hydrogen) atoms. The molecule has 1 N–H and O–H groups in total. The molecule has 0 unspecified atom stereocenters. The minimum atomic E-state index is -0.185. The van der Waals surface area contributed by atoms with Crippen LogP contribution in [0.4, 0.5) is 5.95 Å². The second kappa shape index (κ2) is 10.7. The Morgan fingerprint density at radius 3 is 2.58 bits per heavy atom. The third kappa shape index (κ3) is 5.07. The van der Waals surface area contributed by atoms with Crippen LogP contribution in [0.2, 0.25) is 0 Å². The lowest BCUT2D eigenvalue weighted by molar-refractivity contribution is -0.126. The fourth-order valence-electron chi connectivity index (χ4n) is 5.66. The third-order valence-corrected chi connectivity index (χ3v) is 7.40. The Balaban J connectivity index is 1.56. The molecule has 2 saturated heterocycles. The zero-order chi connectivity index (χ0) is 25.1. The van der Waals surface area contributed by atoms with Crippen molar-refractivity contribution in [2.45, 2.75) is 51.6 Å². The van der Waals surface area contributed by atoms with Crippen molar-refractivity contribution in [3.05, 3.63) is 71.8 Å². The Morgan fingerprint density at radius 2 is 1.83 bits per heavy atom. The fraction of sp³-hybridized carbons (Fsp3) is 0.414. The topological polar surface area (TPSA) is 70.5 Å². The van der Waals surface area contributed by atoms with Gasteiger partial charge in [0.2, 0.25) is 11.9 Å². The van der Waals surface area contributed by atoms with E-state index in [1.807, 2.05) is 23.1 Å². The maximum absolute atomic E-state index is 13.1. The lowest BCUT2D eigenvalue weighted by Crippen LogP contribution is -2.34. The molecule has 5 rings (SSSR count). The first-order valence-electron chi connectivity index (χ1n) is 13.0. The van der Waals surface area contributed by atoms with E-state index >= 15 is 0 Å². The molecule has 0 spiro atoms. The number of aromatic nitrogens is 2. The SMILES string of the molecule is C=CC(=O)N1CCCC[C@@H](n2c(NC(=O)c3ccccc3)nc3cc(CN4CCCC4)cc(C)c32)C1. The van der Waals surface area contributed by atoms with E-state index in [1.54, 1.807) is 12.1 Å². The highest BCUT2D eigenvalue weighted by Crippen LogP contribution is 2.33. The minimum Gasteiger partial charge on any atom is -0.337 e. The van der Waals surface area contributed by atoms with Crippen molar-refractivity contribution in [3.8, 4) is 0 Å². The number of rotatable bonds is 6. The van der Waals surface area contributed by atoms with Crippen LogP contribution < -0.4 is 5.32 Å². The predicted molar refractivity (Wildman–Crippen MR) is 143 cm³/mol. The number of hydrogen-bond acceptors (Lipinski definition) is 4. The zero-order valence-electron chi connectivity index (χ0n) is 21.1. The number of fused-ring (bicyclic) bond motifs is 1. The van der Waals surface area contributed by atoms with Crippen LogP contribution in [-0.2, 0) is 11.3 Å². The molecule has 7 nitrogen and oxygen atoms in total. The van der Waals surface area contributed by atoms with Crippen molar-refractivity contribution in [3.63, 3.8) is 0 Å². The molecule has 2 aliphatic heterocycles. The van der Waals surface area contributed by atoms with E-state index in [2.05, 4.69) is 40.4 Å². The van der Waals surface area contributed by atoms with Gasteiger partial charge in [0.1, 0.15) is 0 Å². The summed E-state index contributed by atoms with van der Waals surface area (Å²) in [5.74, 6) is 0.304. The number of likely N-dealkylation sites (tertiary alicyclic amines) is 2. The van der Waals surface area contributed by atoms with Crippen molar-refractivity contribution in [1.29, 1.82) is 0 Å². The number of nitrogens with zero attached hydrogens (tertiary/aromatic N) is 4. The molecule has 3 aromatic rings. The highest BCUT2D eigenvalue weighted by Gasteiger charge is 2.27. The molecule has 0 saturated carbocycles. The number of nitrogens with one attached hydrogen (secondary N) is 1. The van der Waals surface area contributed by atoms with Gasteiger partial charge in [0, 0.05) is 25.2 Å². The van der Waals surface area contributed by atoms with Crippen LogP contribution in [0.1, 0.15) is 59.6 Å². The van der Waals surface area contributed by atoms with Gasteiger partial charge in [-0.2, -0.15) is 0 Å². The van der Waals surface area contributed by atoms with Crippen molar-refractivity contribution in [1.82, 2.24) is 19.4 Å². The maximum atomic E-state index is 13.1. The van der Waals surface area contributed by atoms with Gasteiger partial charge in [0.05, 0.1) is 17.1 Å². The molecule has 1 aromatic heterocycles. The van der Waals surface area contributed by atoms with E-state index in [-0.39, 0.29) is 17.9 Å². The monoisotopic (exact) mass is 485 g/mol. The molecule has 1 atom stereocenters. The third-order valence-electron chi connectivity index (χ3n) is 7.40. The summed E-state index contributed by atoms with van der Waals surface area (Å²) in [6.07, 6.45) is 6.77. The molecule has 188 valence electrons. The van der Waals surface area contributed by atoms with E-state index in [0.717, 1.165) is 62.0 Å². The summed E-state index contributed by atoms with van der Waals surface area (Å²) in [6.45, 7) is 10.3. The first-order chi connectivity index (χ1) is 17.5. The van der Waals surface area contributed by atoms with Gasteiger partial charge in [-0.25, -0.2) is 4.98 Å². The molecule has 7 heteroatoms. The van der Waals surface area contributed by atoms with E-state index in [9.17, 15) is 9.59 Å². The predicted octanol–water partition coefficient (Wildman–Crippen LogP) is 4.93. The summed E-state index contributed by atoms with van der Waals surface area (Å²) >= 11 is 0. The molecule has 2 aromatic carbocycles. The average molecular weight is 486 g/mol. The van der Waals surface area contributed by atoms with Gasteiger partial charge in [-0.3, -0.25) is 19.8 Å². The molecule has 3 heterocycles. The number of aryl methyl sites for hydroxylation is 1. The second-order valence-corrected chi connectivity index (χ2v) is 10.0. The molecule has 2 amide bonds. The number of anilines is 1. The van der Waals surface area contributed by atoms with Crippen LogP contribution in [0.25, 0.3) is 11.0 Å². The van der Waals surface area contributed by atoms with Crippen LogP contribution in [0.3, 0.4) is 0 Å². The highest BCUT2D eigenvalue weighted by molar-refractivity contribution is 6.04. The van der Waals surface area contributed by atoms with Crippen molar-refractivity contribution in [2.24, 2.45) is 0 Å². The number of imidazole rings is 1. The van der Waals surface area contributed by atoms with Gasteiger partial charge in [-0.05, 0) is 87.5 Å². The summed E-state index contributed by atoms with van der Waals surface area (Å²) in [6, 6.07) is 13.6. The zero-order valence-corrected chi connectivity index (χ0v) is 21.1. The number of hydrogen-bond donors (Lipinski definition) is 1. The Bertz CT molecular complexity index is 1260. The van der Waals surface area contributed by atoms with E-state index < -0.39 is 0 Å². The first-order valence-corrected chi connectivity index (χ1v) is 13.0. The summed E-state index contributed by atoms with van der Waals surface area (Å²) in [5, 5.41) is 3.09. The van der Waals surface area contributed by atoms with E-state index in [0.29, 0.717) is 18.1 Å². The van der Waals surface area contributed by atoms with Crippen LogP contribution in [0.15, 0.2) is 55.1 Å². The molecule has 0 bridgehead atoms. The van der Waals surface area contributed by atoms with Gasteiger partial charge in [0.25, 0.3) is 5.91 Å². The normalized spacial score (nSPS) is 18.8. The van der Waals surface area contributed by atoms with Gasteiger partial charge in [0.15, 0.2) is 0 Å². The minimum absolute atomic E-state index is 0.00982. The lowest BCUT2D eigenvalue weighted by atomic mass is 10.1. The van der Waals surface area contributed by atoms with Crippen molar-refractivity contribution < 1.29 is 9.59 Å². The number of amides is 2. The highest BCUT2D eigenvalue weighted by atomic mass is 16.2. The standard InChI is InChI=1S/C29H35N5O2/c1-3-26(35)33-16-8-7-13-24(20-33)34-27-21(2)17-22(19-32-14-9-10-15-32)18-25(27)30-29(34)31-28(36)23-11-5-4-6-12-23/h3-6,11-12,17-18,24H,1,7-10,13-16,19-20H2,2H3,(H,30,31,36)/t24-/m1/s1. The fourth-order valence-corrected chi connectivity index (χ4v) is 5.66. The van der Waals surface area contributed by atoms with Gasteiger partial charge < -0.3 is 9.47 Å². The summed E-state index contributed by atoms with van der Waals surface area (Å²) < 4.78 is 2.17. The number of benzene rings is 2. The van der Waals surface area contributed by atoms with Gasteiger partial charge in [-0.1, -0.05) is 30.8 Å².